The van der Waals surface area contributed by atoms with Crippen molar-refractivity contribution in [2.45, 2.75) is 25.3 Å². The Labute approximate surface area is 134 Å². The average molecular weight is 360 g/mol. The highest BCUT2D eigenvalue weighted by Crippen LogP contribution is 2.25. The van der Waals surface area contributed by atoms with E-state index in [2.05, 4.69) is 26.1 Å². The van der Waals surface area contributed by atoms with Crippen molar-refractivity contribution in [3.63, 3.8) is 0 Å². The summed E-state index contributed by atoms with van der Waals surface area (Å²) in [6.45, 7) is 2.96. The minimum Gasteiger partial charge on any atom is -0.342 e. The number of halogens is 2. The van der Waals surface area contributed by atoms with Gasteiger partial charge in [-0.05, 0) is 43.0 Å². The van der Waals surface area contributed by atoms with Crippen LogP contribution in [-0.2, 0) is 11.2 Å². The van der Waals surface area contributed by atoms with Crippen molar-refractivity contribution in [2.24, 2.45) is 5.92 Å². The molecule has 3 rings (SSSR count). The first kappa shape index (κ1) is 15.8. The van der Waals surface area contributed by atoms with Gasteiger partial charge in [-0.2, -0.15) is 0 Å². The van der Waals surface area contributed by atoms with Gasteiger partial charge in [0.2, 0.25) is 5.91 Å². The van der Waals surface area contributed by atoms with Crippen molar-refractivity contribution in [1.29, 1.82) is 0 Å². The number of hydrogen-bond donors (Lipinski definition) is 1. The molecule has 1 aromatic rings. The van der Waals surface area contributed by atoms with Gasteiger partial charge in [0.25, 0.3) is 0 Å². The Hall–Kier alpha value is -0.580. The highest BCUT2D eigenvalue weighted by atomic mass is 79.9. The van der Waals surface area contributed by atoms with Crippen LogP contribution in [-0.4, -0.2) is 36.5 Å². The second-order valence-electron chi connectivity index (χ2n) is 5.54. The summed E-state index contributed by atoms with van der Waals surface area (Å²) in [6.07, 6.45) is 2.85. The summed E-state index contributed by atoms with van der Waals surface area (Å²) in [4.78, 5) is 14.4. The molecule has 20 heavy (non-hydrogen) atoms. The monoisotopic (exact) mass is 358 g/mol. The molecule has 0 spiro atoms. The lowest BCUT2D eigenvalue weighted by Crippen LogP contribution is -2.47. The fourth-order valence-electron chi connectivity index (χ4n) is 3.16. The molecule has 0 aromatic heterocycles. The maximum atomic E-state index is 12.3. The van der Waals surface area contributed by atoms with Gasteiger partial charge >= 0.3 is 0 Å². The van der Waals surface area contributed by atoms with E-state index in [4.69, 9.17) is 0 Å². The number of piperidine rings is 1. The van der Waals surface area contributed by atoms with E-state index in [1.54, 1.807) is 0 Å². The molecule has 0 radical (unpaired) electrons. The lowest BCUT2D eigenvalue weighted by molar-refractivity contribution is -0.132. The molecule has 2 aliphatic rings. The highest BCUT2D eigenvalue weighted by Gasteiger charge is 2.34. The van der Waals surface area contributed by atoms with E-state index in [9.17, 15) is 4.79 Å². The smallest absolute Gasteiger partial charge is 0.227 e. The van der Waals surface area contributed by atoms with E-state index in [0.29, 0.717) is 18.4 Å². The zero-order chi connectivity index (χ0) is 13.2. The molecule has 2 heterocycles. The van der Waals surface area contributed by atoms with Crippen LogP contribution in [0.25, 0.3) is 0 Å². The van der Waals surface area contributed by atoms with Gasteiger partial charge in [-0.1, -0.05) is 28.1 Å². The largest absolute Gasteiger partial charge is 0.342 e. The number of fused-ring (bicyclic) bond motifs is 1. The molecule has 110 valence electrons. The van der Waals surface area contributed by atoms with E-state index in [0.717, 1.165) is 36.1 Å². The summed E-state index contributed by atoms with van der Waals surface area (Å²) in [5, 5.41) is 3.53. The van der Waals surface area contributed by atoms with Crippen molar-refractivity contribution in [3.8, 4) is 0 Å². The van der Waals surface area contributed by atoms with Crippen LogP contribution in [0.4, 0.5) is 0 Å². The normalized spacial score (nSPS) is 24.9. The summed E-state index contributed by atoms with van der Waals surface area (Å²) < 4.78 is 1.06. The Kier molecular flexibility index (Phi) is 5.47. The quantitative estimate of drug-likeness (QED) is 0.880. The third-order valence-corrected chi connectivity index (χ3v) is 4.81. The Bertz CT molecular complexity index is 465. The Morgan fingerprint density at radius 2 is 2.05 bits per heavy atom. The number of carbonyl (C=O) groups excluding carboxylic acids is 1. The second-order valence-corrected chi connectivity index (χ2v) is 6.46. The van der Waals surface area contributed by atoms with E-state index < -0.39 is 0 Å². The summed E-state index contributed by atoms with van der Waals surface area (Å²) in [5.74, 6) is 0.940. The average Bonchev–Trinajstić information content (AvgIpc) is 2.88. The van der Waals surface area contributed by atoms with Crippen molar-refractivity contribution in [1.82, 2.24) is 10.2 Å². The molecule has 0 bridgehead atoms. The van der Waals surface area contributed by atoms with E-state index >= 15 is 0 Å². The van der Waals surface area contributed by atoms with Crippen LogP contribution in [0.15, 0.2) is 28.7 Å². The minimum atomic E-state index is 0. The lowest BCUT2D eigenvalue weighted by Gasteiger charge is -2.35. The number of amides is 1. The summed E-state index contributed by atoms with van der Waals surface area (Å²) in [6, 6.07) is 8.68. The van der Waals surface area contributed by atoms with Crippen LogP contribution in [0.1, 0.15) is 18.4 Å². The topological polar surface area (TPSA) is 32.3 Å². The number of carbonyl (C=O) groups is 1. The molecule has 2 aliphatic heterocycles. The van der Waals surface area contributed by atoms with E-state index in [-0.39, 0.29) is 18.3 Å². The zero-order valence-electron chi connectivity index (χ0n) is 11.3. The van der Waals surface area contributed by atoms with Crippen molar-refractivity contribution in [3.05, 3.63) is 34.3 Å². The maximum Gasteiger partial charge on any atom is 0.227 e. The molecular weight excluding hydrogens is 340 g/mol. The maximum absolute atomic E-state index is 12.3. The number of benzene rings is 1. The van der Waals surface area contributed by atoms with Gasteiger partial charge in [-0.3, -0.25) is 4.79 Å². The van der Waals surface area contributed by atoms with Crippen LogP contribution in [0.5, 0.6) is 0 Å². The summed E-state index contributed by atoms with van der Waals surface area (Å²) in [5.41, 5.74) is 1.10. The predicted octanol–water partition coefficient (Wildman–Crippen LogP) is 2.62. The van der Waals surface area contributed by atoms with Gasteiger partial charge in [0.15, 0.2) is 0 Å². The van der Waals surface area contributed by atoms with Crippen molar-refractivity contribution in [2.75, 3.05) is 19.6 Å². The minimum absolute atomic E-state index is 0. The molecule has 5 heteroatoms. The van der Waals surface area contributed by atoms with E-state index in [1.807, 2.05) is 24.3 Å². The molecule has 0 aliphatic carbocycles. The first-order valence-corrected chi connectivity index (χ1v) is 7.77. The van der Waals surface area contributed by atoms with Gasteiger partial charge in [0.1, 0.15) is 0 Å². The molecule has 2 fully saturated rings. The zero-order valence-corrected chi connectivity index (χ0v) is 13.8. The van der Waals surface area contributed by atoms with Gasteiger partial charge < -0.3 is 10.2 Å². The number of nitrogens with zero attached hydrogens (tertiary/aromatic N) is 1. The van der Waals surface area contributed by atoms with E-state index in [1.165, 1.54) is 6.42 Å². The number of rotatable bonds is 2. The molecule has 1 N–H and O–H groups in total. The predicted molar refractivity (Wildman–Crippen MR) is 86.2 cm³/mol. The molecule has 0 saturated carbocycles. The van der Waals surface area contributed by atoms with Crippen LogP contribution >= 0.6 is 28.3 Å². The highest BCUT2D eigenvalue weighted by molar-refractivity contribution is 9.10. The Morgan fingerprint density at radius 1 is 1.30 bits per heavy atom. The summed E-state index contributed by atoms with van der Waals surface area (Å²) in [7, 11) is 0. The van der Waals surface area contributed by atoms with Gasteiger partial charge in [0.05, 0.1) is 6.42 Å². The molecule has 2 unspecified atom stereocenters. The third kappa shape index (κ3) is 3.54. The van der Waals surface area contributed by atoms with Crippen LogP contribution in [0, 0.1) is 5.92 Å². The summed E-state index contributed by atoms with van der Waals surface area (Å²) >= 11 is 3.42. The fourth-order valence-corrected chi connectivity index (χ4v) is 3.43. The first-order valence-electron chi connectivity index (χ1n) is 6.98. The van der Waals surface area contributed by atoms with Crippen LogP contribution in [0.3, 0.4) is 0 Å². The van der Waals surface area contributed by atoms with Gasteiger partial charge in [0, 0.05) is 23.6 Å². The SMILES string of the molecule is Cl.O=C(Cc1ccc(Br)cc1)N1CCC2NCCC2C1. The second kappa shape index (κ2) is 6.92. The standard InChI is InChI=1S/C15H19BrN2O.ClH/c16-13-3-1-11(2-4-13)9-15(19)18-8-6-14-12(10-18)5-7-17-14;/h1-4,12,14,17H,5-10H2;1H. The molecular formula is C15H20BrClN2O. The van der Waals surface area contributed by atoms with Crippen LogP contribution < -0.4 is 5.32 Å². The van der Waals surface area contributed by atoms with Crippen molar-refractivity contribution >= 4 is 34.2 Å². The van der Waals surface area contributed by atoms with Gasteiger partial charge in [-0.15, -0.1) is 12.4 Å². The lowest BCUT2D eigenvalue weighted by atomic mass is 9.93. The molecule has 1 aromatic carbocycles. The first-order chi connectivity index (χ1) is 9.22. The van der Waals surface area contributed by atoms with Gasteiger partial charge in [-0.25, -0.2) is 0 Å². The fraction of sp³-hybridized carbons (Fsp3) is 0.533. The Morgan fingerprint density at radius 3 is 2.80 bits per heavy atom. The number of likely N-dealkylation sites (tertiary alicyclic amines) is 1. The molecule has 3 nitrogen and oxygen atoms in total. The third-order valence-electron chi connectivity index (χ3n) is 4.28. The number of hydrogen-bond acceptors (Lipinski definition) is 2. The number of nitrogens with one attached hydrogen (secondary N) is 1. The van der Waals surface area contributed by atoms with Crippen LogP contribution in [0.2, 0.25) is 0 Å². The van der Waals surface area contributed by atoms with Crippen molar-refractivity contribution < 1.29 is 4.79 Å². The molecule has 2 saturated heterocycles. The molecule has 2 atom stereocenters. The Balaban J connectivity index is 0.00000147. The molecule has 1 amide bonds.